The summed E-state index contributed by atoms with van der Waals surface area (Å²) in [5.41, 5.74) is 1.20. The standard InChI is InChI=1S/C20H22F2N2O4S/c21-20(22)29(27,28)16-7-5-14(6-8-16)13-24-11-9-15(10-12-24)19(26)23-17-3-1-2-4-18(17)25/h1-8,15,20,25H,9-13H2,(H,23,26). The van der Waals surface area contributed by atoms with E-state index in [1.54, 1.807) is 18.2 Å². The molecule has 3 rings (SSSR count). The fraction of sp³-hybridized carbons (Fsp3) is 0.350. The van der Waals surface area contributed by atoms with E-state index >= 15 is 0 Å². The highest BCUT2D eigenvalue weighted by atomic mass is 32.2. The quantitative estimate of drug-likeness (QED) is 0.696. The van der Waals surface area contributed by atoms with Gasteiger partial charge in [0.25, 0.3) is 0 Å². The van der Waals surface area contributed by atoms with E-state index in [-0.39, 0.29) is 17.6 Å². The predicted octanol–water partition coefficient (Wildman–Crippen LogP) is 3.24. The van der Waals surface area contributed by atoms with Crippen LogP contribution in [0.25, 0.3) is 0 Å². The number of nitrogens with zero attached hydrogens (tertiary/aromatic N) is 1. The molecule has 1 fully saturated rings. The second-order valence-corrected chi connectivity index (χ2v) is 8.92. The fourth-order valence-corrected chi connectivity index (χ4v) is 4.03. The average molecular weight is 424 g/mol. The van der Waals surface area contributed by atoms with Crippen molar-refractivity contribution in [3.8, 4) is 5.75 Å². The molecule has 1 aliphatic heterocycles. The van der Waals surface area contributed by atoms with E-state index in [1.807, 2.05) is 0 Å². The monoisotopic (exact) mass is 424 g/mol. The van der Waals surface area contributed by atoms with Crippen LogP contribution in [0.2, 0.25) is 0 Å². The van der Waals surface area contributed by atoms with Gasteiger partial charge in [0.1, 0.15) is 5.75 Å². The molecule has 2 aromatic carbocycles. The van der Waals surface area contributed by atoms with Gasteiger partial charge in [-0.2, -0.15) is 8.78 Å². The summed E-state index contributed by atoms with van der Waals surface area (Å²) in [6.45, 7) is 1.90. The predicted molar refractivity (Wildman–Crippen MR) is 104 cm³/mol. The van der Waals surface area contributed by atoms with Crippen LogP contribution in [-0.4, -0.2) is 43.2 Å². The van der Waals surface area contributed by atoms with Crippen LogP contribution in [-0.2, 0) is 21.2 Å². The topological polar surface area (TPSA) is 86.7 Å². The second kappa shape index (κ2) is 8.87. The van der Waals surface area contributed by atoms with E-state index in [0.717, 1.165) is 5.56 Å². The maximum absolute atomic E-state index is 12.6. The lowest BCUT2D eigenvalue weighted by Gasteiger charge is -2.31. The van der Waals surface area contributed by atoms with Crippen LogP contribution in [0.4, 0.5) is 14.5 Å². The van der Waals surface area contributed by atoms with Crippen molar-refractivity contribution in [1.82, 2.24) is 4.90 Å². The van der Waals surface area contributed by atoms with Gasteiger partial charge in [-0.25, -0.2) is 8.42 Å². The van der Waals surface area contributed by atoms with Gasteiger partial charge >= 0.3 is 5.76 Å². The molecular formula is C20H22F2N2O4S. The Kier molecular flexibility index (Phi) is 6.49. The summed E-state index contributed by atoms with van der Waals surface area (Å²) in [6, 6.07) is 12.0. The molecule has 29 heavy (non-hydrogen) atoms. The fourth-order valence-electron chi connectivity index (χ4n) is 3.31. The Hall–Kier alpha value is -2.52. The molecule has 1 saturated heterocycles. The molecule has 0 radical (unpaired) electrons. The summed E-state index contributed by atoms with van der Waals surface area (Å²) >= 11 is 0. The summed E-state index contributed by atoms with van der Waals surface area (Å²) in [5, 5.41) is 12.5. The number of sulfone groups is 1. The number of amides is 1. The highest BCUT2D eigenvalue weighted by Crippen LogP contribution is 2.25. The Morgan fingerprint density at radius 2 is 1.72 bits per heavy atom. The third kappa shape index (κ3) is 5.10. The molecule has 2 aromatic rings. The van der Waals surface area contributed by atoms with Crippen LogP contribution < -0.4 is 5.32 Å². The van der Waals surface area contributed by atoms with Crippen LogP contribution in [0.1, 0.15) is 18.4 Å². The molecule has 0 saturated carbocycles. The highest BCUT2D eigenvalue weighted by molar-refractivity contribution is 7.91. The molecule has 1 aliphatic rings. The van der Waals surface area contributed by atoms with Gasteiger partial charge in [0.05, 0.1) is 10.6 Å². The maximum atomic E-state index is 12.6. The summed E-state index contributed by atoms with van der Waals surface area (Å²) in [6.07, 6.45) is 1.30. The highest BCUT2D eigenvalue weighted by Gasteiger charge is 2.27. The molecule has 0 bridgehead atoms. The maximum Gasteiger partial charge on any atom is 0.341 e. The molecule has 156 valence electrons. The first-order chi connectivity index (χ1) is 13.8. The number of likely N-dealkylation sites (tertiary alicyclic amines) is 1. The van der Waals surface area contributed by atoms with Gasteiger partial charge in [0.15, 0.2) is 0 Å². The van der Waals surface area contributed by atoms with Gasteiger partial charge < -0.3 is 10.4 Å². The van der Waals surface area contributed by atoms with Crippen molar-refractivity contribution in [3.05, 3.63) is 54.1 Å². The number of benzene rings is 2. The first-order valence-electron chi connectivity index (χ1n) is 9.19. The Morgan fingerprint density at radius 1 is 1.10 bits per heavy atom. The summed E-state index contributed by atoms with van der Waals surface area (Å²) in [5.74, 6) is -3.70. The van der Waals surface area contributed by atoms with Gasteiger partial charge in [0.2, 0.25) is 15.7 Å². The number of hydrogen-bond acceptors (Lipinski definition) is 5. The van der Waals surface area contributed by atoms with Crippen molar-refractivity contribution in [2.75, 3.05) is 18.4 Å². The number of rotatable bonds is 6. The number of hydrogen-bond donors (Lipinski definition) is 2. The van der Waals surface area contributed by atoms with Crippen LogP contribution in [0.3, 0.4) is 0 Å². The van der Waals surface area contributed by atoms with Crippen molar-refractivity contribution in [2.24, 2.45) is 5.92 Å². The Morgan fingerprint density at radius 3 is 2.31 bits per heavy atom. The van der Waals surface area contributed by atoms with E-state index in [4.69, 9.17) is 0 Å². The number of carbonyl (C=O) groups excluding carboxylic acids is 1. The minimum atomic E-state index is -4.58. The number of alkyl halides is 2. The van der Waals surface area contributed by atoms with Crippen LogP contribution in [0, 0.1) is 5.92 Å². The van der Waals surface area contributed by atoms with E-state index in [1.165, 1.54) is 30.3 Å². The zero-order valence-electron chi connectivity index (χ0n) is 15.6. The number of phenolic OH excluding ortho intramolecular Hbond substituents is 1. The third-order valence-corrected chi connectivity index (χ3v) is 6.41. The molecule has 1 amide bonds. The molecular weight excluding hydrogens is 402 g/mol. The normalized spacial score (nSPS) is 16.1. The smallest absolute Gasteiger partial charge is 0.341 e. The van der Waals surface area contributed by atoms with Crippen molar-refractivity contribution in [1.29, 1.82) is 0 Å². The summed E-state index contributed by atoms with van der Waals surface area (Å²) in [7, 11) is -4.58. The zero-order chi connectivity index (χ0) is 21.0. The minimum Gasteiger partial charge on any atom is -0.506 e. The van der Waals surface area contributed by atoms with Crippen LogP contribution in [0.15, 0.2) is 53.4 Å². The lowest BCUT2D eigenvalue weighted by molar-refractivity contribution is -0.121. The van der Waals surface area contributed by atoms with E-state index in [0.29, 0.717) is 38.2 Å². The third-order valence-electron chi connectivity index (χ3n) is 5.01. The zero-order valence-corrected chi connectivity index (χ0v) is 16.4. The first kappa shape index (κ1) is 21.2. The minimum absolute atomic E-state index is 0.0237. The Balaban J connectivity index is 1.52. The van der Waals surface area contributed by atoms with Crippen LogP contribution in [0.5, 0.6) is 5.75 Å². The average Bonchev–Trinajstić information content (AvgIpc) is 2.70. The van der Waals surface area contributed by atoms with Gasteiger partial charge in [-0.15, -0.1) is 0 Å². The van der Waals surface area contributed by atoms with Gasteiger partial charge in [-0.05, 0) is 55.8 Å². The lowest BCUT2D eigenvalue weighted by Crippen LogP contribution is -2.37. The van der Waals surface area contributed by atoms with Gasteiger partial charge in [-0.3, -0.25) is 9.69 Å². The lowest BCUT2D eigenvalue weighted by atomic mass is 9.95. The van der Waals surface area contributed by atoms with Crippen molar-refractivity contribution in [3.63, 3.8) is 0 Å². The largest absolute Gasteiger partial charge is 0.506 e. The number of aromatic hydroxyl groups is 1. The second-order valence-electron chi connectivity index (χ2n) is 7.01. The van der Waals surface area contributed by atoms with Crippen LogP contribution >= 0.6 is 0 Å². The number of phenols is 1. The summed E-state index contributed by atoms with van der Waals surface area (Å²) in [4.78, 5) is 14.1. The SMILES string of the molecule is O=C(Nc1ccccc1O)C1CCN(Cc2ccc(S(=O)(=O)C(F)F)cc2)CC1. The number of nitrogens with one attached hydrogen (secondary N) is 1. The van der Waals surface area contributed by atoms with Crippen molar-refractivity contribution >= 4 is 21.4 Å². The molecule has 0 unspecified atom stereocenters. The molecule has 9 heteroatoms. The van der Waals surface area contributed by atoms with Crippen molar-refractivity contribution < 1.29 is 27.1 Å². The van der Waals surface area contributed by atoms with E-state index < -0.39 is 20.5 Å². The number of halogens is 2. The first-order valence-corrected chi connectivity index (χ1v) is 10.7. The number of para-hydroxylation sites is 2. The summed E-state index contributed by atoms with van der Waals surface area (Å²) < 4.78 is 48.1. The number of anilines is 1. The molecule has 0 aliphatic carbocycles. The number of piperidine rings is 1. The molecule has 6 nitrogen and oxygen atoms in total. The van der Waals surface area contributed by atoms with Gasteiger partial charge in [0, 0.05) is 12.5 Å². The molecule has 0 spiro atoms. The van der Waals surface area contributed by atoms with Crippen molar-refractivity contribution in [2.45, 2.75) is 30.0 Å². The van der Waals surface area contributed by atoms with E-state index in [9.17, 15) is 27.1 Å². The Bertz CT molecular complexity index is 957. The molecule has 0 aromatic heterocycles. The van der Waals surface area contributed by atoms with Gasteiger partial charge in [-0.1, -0.05) is 24.3 Å². The van der Waals surface area contributed by atoms with E-state index in [2.05, 4.69) is 10.2 Å². The number of carbonyl (C=O) groups is 1. The Labute approximate surface area is 168 Å². The molecule has 0 atom stereocenters. The molecule has 1 heterocycles. The molecule has 2 N–H and O–H groups in total.